The van der Waals surface area contributed by atoms with Gasteiger partial charge >= 0.3 is 6.03 Å². The zero-order valence-corrected chi connectivity index (χ0v) is 18.7. The summed E-state index contributed by atoms with van der Waals surface area (Å²) in [6.45, 7) is 4.30. The Kier molecular flexibility index (Phi) is 6.29. The molecular formula is C22H28N8O3. The first kappa shape index (κ1) is 22.3. The molecule has 4 rings (SSSR count). The molecule has 4 amide bonds. The second-order valence-electron chi connectivity index (χ2n) is 8.32. The van der Waals surface area contributed by atoms with Crippen molar-refractivity contribution in [3.8, 4) is 0 Å². The summed E-state index contributed by atoms with van der Waals surface area (Å²) in [5.74, 6) is -0.0461. The Morgan fingerprint density at radius 2 is 1.97 bits per heavy atom. The number of carbonyl (C=O) groups is 3. The van der Waals surface area contributed by atoms with Gasteiger partial charge < -0.3 is 31.1 Å². The van der Waals surface area contributed by atoms with Crippen molar-refractivity contribution in [3.63, 3.8) is 0 Å². The molecule has 0 aliphatic carbocycles. The molecular weight excluding hydrogens is 424 g/mol. The van der Waals surface area contributed by atoms with Crippen LogP contribution in [0.4, 0.5) is 27.8 Å². The monoisotopic (exact) mass is 452 g/mol. The highest BCUT2D eigenvalue weighted by Crippen LogP contribution is 2.26. The lowest BCUT2D eigenvalue weighted by Crippen LogP contribution is -2.49. The van der Waals surface area contributed by atoms with E-state index in [1.807, 2.05) is 11.9 Å². The fourth-order valence-electron chi connectivity index (χ4n) is 4.24. The molecule has 2 fully saturated rings. The lowest BCUT2D eigenvalue weighted by molar-refractivity contribution is -0.114. The largest absolute Gasteiger partial charge is 0.364 e. The van der Waals surface area contributed by atoms with Gasteiger partial charge in [0.25, 0.3) is 5.91 Å². The minimum atomic E-state index is -0.697. The lowest BCUT2D eigenvalue weighted by atomic mass is 10.0. The molecule has 0 unspecified atom stereocenters. The molecule has 2 aromatic rings. The van der Waals surface area contributed by atoms with Gasteiger partial charge in [-0.1, -0.05) is 6.07 Å². The number of nitrogens with two attached hydrogens (primary N) is 1. The molecule has 1 aromatic carbocycles. The zero-order chi connectivity index (χ0) is 23.5. The predicted octanol–water partition coefficient (Wildman–Crippen LogP) is 1.61. The van der Waals surface area contributed by atoms with Crippen LogP contribution in [-0.2, 0) is 4.79 Å². The van der Waals surface area contributed by atoms with Crippen LogP contribution in [0.15, 0.2) is 30.5 Å². The average molecular weight is 453 g/mol. The van der Waals surface area contributed by atoms with Gasteiger partial charge in [0.15, 0.2) is 11.5 Å². The van der Waals surface area contributed by atoms with Crippen molar-refractivity contribution in [1.82, 2.24) is 19.8 Å². The molecule has 4 N–H and O–H groups in total. The molecule has 11 heteroatoms. The van der Waals surface area contributed by atoms with Crippen LogP contribution >= 0.6 is 0 Å². The fourth-order valence-corrected chi connectivity index (χ4v) is 4.24. The second-order valence-corrected chi connectivity index (χ2v) is 8.32. The lowest BCUT2D eigenvalue weighted by Gasteiger charge is -2.37. The first-order valence-electron chi connectivity index (χ1n) is 10.9. The Balaban J connectivity index is 1.57. The standard InChI is InChI=1S/C22H28N8O3/c1-14(31)25-15-5-3-6-16(11-15)26-21-19(20(23)32)24-12-18(27-21)29-8-4-7-17(13-29)30-10-9-28(2)22(30)33/h3,5-6,11-12,17H,4,7-10,13H2,1-2H3,(H2,23,32)(H,25,31)(H,26,27)/t17-/m1/s1. The molecule has 3 heterocycles. The highest BCUT2D eigenvalue weighted by molar-refractivity contribution is 5.96. The van der Waals surface area contributed by atoms with E-state index in [2.05, 4.69) is 25.5 Å². The number of primary amides is 1. The molecule has 2 aliphatic heterocycles. The number of nitrogens with zero attached hydrogens (tertiary/aromatic N) is 5. The Hall–Kier alpha value is -3.89. The van der Waals surface area contributed by atoms with E-state index in [9.17, 15) is 14.4 Å². The molecule has 0 saturated carbocycles. The smallest absolute Gasteiger partial charge is 0.320 e. The maximum absolute atomic E-state index is 12.4. The number of likely N-dealkylation sites (N-methyl/N-ethyl adjacent to an activating group) is 1. The van der Waals surface area contributed by atoms with E-state index in [1.54, 1.807) is 35.4 Å². The number of anilines is 4. The van der Waals surface area contributed by atoms with Crippen molar-refractivity contribution in [2.45, 2.75) is 25.8 Å². The summed E-state index contributed by atoms with van der Waals surface area (Å²) >= 11 is 0. The van der Waals surface area contributed by atoms with Gasteiger partial charge in [-0.15, -0.1) is 0 Å². The molecule has 2 saturated heterocycles. The summed E-state index contributed by atoms with van der Waals surface area (Å²) in [5, 5.41) is 5.82. The normalized spacial score (nSPS) is 18.4. The van der Waals surface area contributed by atoms with Crippen LogP contribution in [0.3, 0.4) is 0 Å². The van der Waals surface area contributed by atoms with Crippen molar-refractivity contribution in [1.29, 1.82) is 0 Å². The second kappa shape index (κ2) is 9.31. The number of nitrogens with one attached hydrogen (secondary N) is 2. The Morgan fingerprint density at radius 1 is 1.18 bits per heavy atom. The van der Waals surface area contributed by atoms with Gasteiger partial charge in [-0.25, -0.2) is 14.8 Å². The van der Waals surface area contributed by atoms with E-state index in [4.69, 9.17) is 5.73 Å². The molecule has 0 bridgehead atoms. The van der Waals surface area contributed by atoms with Crippen molar-refractivity contribution in [2.75, 3.05) is 48.8 Å². The van der Waals surface area contributed by atoms with E-state index in [1.165, 1.54) is 6.92 Å². The maximum Gasteiger partial charge on any atom is 0.320 e. The Morgan fingerprint density at radius 3 is 2.67 bits per heavy atom. The van der Waals surface area contributed by atoms with E-state index >= 15 is 0 Å². The molecule has 2 aliphatic rings. The summed E-state index contributed by atoms with van der Waals surface area (Å²) in [7, 11) is 1.82. The number of aromatic nitrogens is 2. The third kappa shape index (κ3) is 4.97. The van der Waals surface area contributed by atoms with Crippen molar-refractivity contribution >= 4 is 40.9 Å². The minimum absolute atomic E-state index is 0.0218. The number of rotatable bonds is 6. The Bertz CT molecular complexity index is 1080. The maximum atomic E-state index is 12.4. The quantitative estimate of drug-likeness (QED) is 0.606. The van der Waals surface area contributed by atoms with Crippen LogP contribution in [0, 0.1) is 0 Å². The summed E-state index contributed by atoms with van der Waals surface area (Å²) in [6, 6.07) is 7.20. The van der Waals surface area contributed by atoms with Crippen LogP contribution in [0.25, 0.3) is 0 Å². The number of amides is 4. The predicted molar refractivity (Wildman–Crippen MR) is 125 cm³/mol. The summed E-state index contributed by atoms with van der Waals surface area (Å²) in [6.07, 6.45) is 3.39. The highest BCUT2D eigenvalue weighted by Gasteiger charge is 2.34. The number of hydrogen-bond acceptors (Lipinski definition) is 7. The molecule has 0 radical (unpaired) electrons. The first-order chi connectivity index (χ1) is 15.8. The van der Waals surface area contributed by atoms with Gasteiger partial charge in [0, 0.05) is 51.5 Å². The number of hydrogen-bond donors (Lipinski definition) is 3. The Labute approximate surface area is 191 Å². The van der Waals surface area contributed by atoms with Gasteiger partial charge in [-0.05, 0) is 31.0 Å². The van der Waals surface area contributed by atoms with E-state index in [0.29, 0.717) is 23.7 Å². The number of carbonyl (C=O) groups excluding carboxylic acids is 3. The number of urea groups is 1. The van der Waals surface area contributed by atoms with E-state index < -0.39 is 5.91 Å². The molecule has 0 spiro atoms. The van der Waals surface area contributed by atoms with Crippen molar-refractivity contribution in [3.05, 3.63) is 36.2 Å². The van der Waals surface area contributed by atoms with Gasteiger partial charge in [-0.3, -0.25) is 9.59 Å². The van der Waals surface area contributed by atoms with Gasteiger partial charge in [0.05, 0.1) is 12.2 Å². The molecule has 1 atom stereocenters. The summed E-state index contributed by atoms with van der Waals surface area (Å²) < 4.78 is 0. The van der Waals surface area contributed by atoms with Gasteiger partial charge in [0.1, 0.15) is 5.82 Å². The topological polar surface area (TPSA) is 137 Å². The molecule has 11 nitrogen and oxygen atoms in total. The fraction of sp³-hybridized carbons (Fsp3) is 0.409. The molecule has 33 heavy (non-hydrogen) atoms. The molecule has 174 valence electrons. The highest BCUT2D eigenvalue weighted by atomic mass is 16.2. The van der Waals surface area contributed by atoms with Crippen LogP contribution in [-0.4, -0.2) is 76.9 Å². The van der Waals surface area contributed by atoms with Crippen molar-refractivity contribution in [2.24, 2.45) is 5.73 Å². The van der Waals surface area contributed by atoms with Crippen LogP contribution in [0.2, 0.25) is 0 Å². The van der Waals surface area contributed by atoms with E-state index in [-0.39, 0.29) is 29.5 Å². The third-order valence-electron chi connectivity index (χ3n) is 5.85. The minimum Gasteiger partial charge on any atom is -0.364 e. The third-order valence-corrected chi connectivity index (χ3v) is 5.85. The van der Waals surface area contributed by atoms with Gasteiger partial charge in [0.2, 0.25) is 5.91 Å². The zero-order valence-electron chi connectivity index (χ0n) is 18.7. The SMILES string of the molecule is CC(=O)Nc1cccc(Nc2nc(N3CCC[C@@H](N4CCN(C)C4=O)C3)cnc2C(N)=O)c1. The van der Waals surface area contributed by atoms with Crippen LogP contribution in [0.1, 0.15) is 30.3 Å². The molecule has 1 aromatic heterocycles. The van der Waals surface area contributed by atoms with Gasteiger partial charge in [-0.2, -0.15) is 0 Å². The van der Waals surface area contributed by atoms with E-state index in [0.717, 1.165) is 32.5 Å². The van der Waals surface area contributed by atoms with Crippen LogP contribution < -0.4 is 21.3 Å². The summed E-state index contributed by atoms with van der Waals surface area (Å²) in [4.78, 5) is 50.4. The number of benzene rings is 1. The van der Waals surface area contributed by atoms with Crippen LogP contribution in [0.5, 0.6) is 0 Å². The first-order valence-corrected chi connectivity index (χ1v) is 10.9. The van der Waals surface area contributed by atoms with Crippen molar-refractivity contribution < 1.29 is 14.4 Å². The summed E-state index contributed by atoms with van der Waals surface area (Å²) in [5.41, 5.74) is 6.78. The number of piperidine rings is 1. The average Bonchev–Trinajstić information content (AvgIpc) is 3.12.